The van der Waals surface area contributed by atoms with E-state index in [1.165, 1.54) is 0 Å². The van der Waals surface area contributed by atoms with Crippen LogP contribution in [0.25, 0.3) is 22.7 Å². The molecule has 0 radical (unpaired) electrons. The zero-order valence-electron chi connectivity index (χ0n) is 12.3. The number of hydrogen-bond acceptors (Lipinski definition) is 4. The van der Waals surface area contributed by atoms with Gasteiger partial charge in [-0.2, -0.15) is 4.98 Å². The summed E-state index contributed by atoms with van der Waals surface area (Å²) in [5, 5.41) is 10.5. The Hall–Kier alpha value is -2.98. The number of rotatable bonds is 3. The highest BCUT2D eigenvalue weighted by molar-refractivity contribution is 5.72. The van der Waals surface area contributed by atoms with E-state index in [1.54, 1.807) is 12.1 Å². The lowest BCUT2D eigenvalue weighted by atomic mass is 10.1. The number of aliphatic hydroxyl groups is 1. The van der Waals surface area contributed by atoms with Gasteiger partial charge in [0.15, 0.2) is 11.2 Å². The molecule has 1 N–H and O–H groups in total. The van der Waals surface area contributed by atoms with Crippen LogP contribution in [0.4, 0.5) is 0 Å². The van der Waals surface area contributed by atoms with Gasteiger partial charge in [0.2, 0.25) is 5.89 Å². The van der Waals surface area contributed by atoms with Crippen molar-refractivity contribution in [3.8, 4) is 11.5 Å². The van der Waals surface area contributed by atoms with E-state index >= 15 is 0 Å². The van der Waals surface area contributed by atoms with Gasteiger partial charge in [-0.25, -0.2) is 4.98 Å². The molecular formula is C19H14N2O2. The molecule has 2 heterocycles. The molecule has 0 spiro atoms. The first kappa shape index (κ1) is 13.7. The van der Waals surface area contributed by atoms with Crippen LogP contribution in [-0.4, -0.2) is 15.1 Å². The number of pyridine rings is 1. The Morgan fingerprint density at radius 1 is 0.783 bits per heavy atom. The lowest BCUT2D eigenvalue weighted by molar-refractivity contribution is 0.215. The van der Waals surface area contributed by atoms with Crippen LogP contribution >= 0.6 is 0 Å². The van der Waals surface area contributed by atoms with Crippen LogP contribution in [-0.2, 0) is 0 Å². The first-order valence-corrected chi connectivity index (χ1v) is 7.37. The summed E-state index contributed by atoms with van der Waals surface area (Å²) in [6.45, 7) is 0. The fraction of sp³-hybridized carbons (Fsp3) is 0.0526. The van der Waals surface area contributed by atoms with Crippen LogP contribution in [0.1, 0.15) is 17.4 Å². The number of aromatic nitrogens is 2. The normalized spacial score (nSPS) is 12.4. The van der Waals surface area contributed by atoms with Crippen molar-refractivity contribution in [2.24, 2.45) is 0 Å². The maximum Gasteiger partial charge on any atom is 0.228 e. The largest absolute Gasteiger partial charge is 0.434 e. The molecule has 0 aliphatic heterocycles. The van der Waals surface area contributed by atoms with E-state index in [1.807, 2.05) is 60.7 Å². The van der Waals surface area contributed by atoms with Gasteiger partial charge in [0.05, 0.1) is 5.69 Å². The third-order valence-corrected chi connectivity index (χ3v) is 3.69. The average molecular weight is 302 g/mol. The Balaban J connectivity index is 1.74. The summed E-state index contributed by atoms with van der Waals surface area (Å²) in [6, 6.07) is 22.7. The van der Waals surface area contributed by atoms with Crippen molar-refractivity contribution in [1.82, 2.24) is 9.97 Å². The molecule has 0 saturated heterocycles. The molecule has 4 rings (SSSR count). The van der Waals surface area contributed by atoms with Crippen LogP contribution in [0.5, 0.6) is 0 Å². The van der Waals surface area contributed by atoms with Gasteiger partial charge in [-0.3, -0.25) is 0 Å². The smallest absolute Gasteiger partial charge is 0.228 e. The minimum absolute atomic E-state index is 0.497. The molecule has 1 unspecified atom stereocenters. The van der Waals surface area contributed by atoms with Gasteiger partial charge >= 0.3 is 0 Å². The van der Waals surface area contributed by atoms with Crippen LogP contribution < -0.4 is 0 Å². The molecule has 4 aromatic rings. The second kappa shape index (κ2) is 5.66. The third-order valence-electron chi connectivity index (χ3n) is 3.69. The van der Waals surface area contributed by atoms with Crippen molar-refractivity contribution in [1.29, 1.82) is 0 Å². The van der Waals surface area contributed by atoms with Gasteiger partial charge in [-0.05, 0) is 29.8 Å². The van der Waals surface area contributed by atoms with Crippen molar-refractivity contribution < 1.29 is 9.52 Å². The predicted molar refractivity (Wildman–Crippen MR) is 87.7 cm³/mol. The van der Waals surface area contributed by atoms with E-state index in [4.69, 9.17) is 4.42 Å². The van der Waals surface area contributed by atoms with E-state index in [-0.39, 0.29) is 0 Å². The molecular weight excluding hydrogens is 288 g/mol. The molecule has 2 aromatic heterocycles. The molecule has 4 heteroatoms. The average Bonchev–Trinajstić information content (AvgIpc) is 3.06. The standard InChI is InChI=1S/C19H14N2O2/c22-17(13-7-3-1-4-8-13)15-11-12-16-18(20-15)21-19(23-16)14-9-5-2-6-10-14/h1-12,17,22H. The van der Waals surface area contributed by atoms with Crippen molar-refractivity contribution in [3.63, 3.8) is 0 Å². The minimum atomic E-state index is -0.780. The summed E-state index contributed by atoms with van der Waals surface area (Å²) in [5.41, 5.74) is 3.35. The van der Waals surface area contributed by atoms with E-state index in [0.717, 1.165) is 11.1 Å². The minimum Gasteiger partial charge on any atom is -0.434 e. The molecule has 0 fully saturated rings. The molecule has 0 bridgehead atoms. The number of hydrogen-bond donors (Lipinski definition) is 1. The molecule has 23 heavy (non-hydrogen) atoms. The van der Waals surface area contributed by atoms with Crippen molar-refractivity contribution in [3.05, 3.63) is 84.1 Å². The number of benzene rings is 2. The SMILES string of the molecule is OC(c1ccccc1)c1ccc2oc(-c3ccccc3)nc2n1. The second-order valence-electron chi connectivity index (χ2n) is 5.26. The fourth-order valence-electron chi connectivity index (χ4n) is 2.50. The molecule has 0 amide bonds. The highest BCUT2D eigenvalue weighted by atomic mass is 16.3. The van der Waals surface area contributed by atoms with E-state index < -0.39 is 6.10 Å². The number of aliphatic hydroxyl groups excluding tert-OH is 1. The summed E-state index contributed by atoms with van der Waals surface area (Å²) >= 11 is 0. The van der Waals surface area contributed by atoms with Gasteiger partial charge < -0.3 is 9.52 Å². The fourth-order valence-corrected chi connectivity index (χ4v) is 2.50. The van der Waals surface area contributed by atoms with Gasteiger partial charge in [0, 0.05) is 5.56 Å². The van der Waals surface area contributed by atoms with Gasteiger partial charge in [-0.15, -0.1) is 0 Å². The van der Waals surface area contributed by atoms with Gasteiger partial charge in [-0.1, -0.05) is 48.5 Å². The molecule has 2 aromatic carbocycles. The van der Waals surface area contributed by atoms with E-state index in [2.05, 4.69) is 9.97 Å². The van der Waals surface area contributed by atoms with Crippen molar-refractivity contribution in [2.45, 2.75) is 6.10 Å². The Morgan fingerprint density at radius 2 is 1.48 bits per heavy atom. The second-order valence-corrected chi connectivity index (χ2v) is 5.26. The number of nitrogens with zero attached hydrogens (tertiary/aromatic N) is 2. The lowest BCUT2D eigenvalue weighted by Crippen LogP contribution is -2.02. The molecule has 0 aliphatic rings. The maximum absolute atomic E-state index is 10.5. The third kappa shape index (κ3) is 2.60. The van der Waals surface area contributed by atoms with Crippen molar-refractivity contribution in [2.75, 3.05) is 0 Å². The van der Waals surface area contributed by atoms with Crippen LogP contribution in [0.2, 0.25) is 0 Å². The Bertz CT molecular complexity index is 933. The molecule has 4 nitrogen and oxygen atoms in total. The summed E-state index contributed by atoms with van der Waals surface area (Å²) in [6.07, 6.45) is -0.780. The Labute approximate surface area is 133 Å². The van der Waals surface area contributed by atoms with E-state index in [0.29, 0.717) is 22.8 Å². The summed E-state index contributed by atoms with van der Waals surface area (Å²) in [4.78, 5) is 8.87. The Kier molecular flexibility index (Phi) is 3.37. The zero-order chi connectivity index (χ0) is 15.6. The summed E-state index contributed by atoms with van der Waals surface area (Å²) in [5.74, 6) is 0.527. The lowest BCUT2D eigenvalue weighted by Gasteiger charge is -2.09. The van der Waals surface area contributed by atoms with Crippen LogP contribution in [0.15, 0.2) is 77.2 Å². The molecule has 0 saturated carbocycles. The van der Waals surface area contributed by atoms with Gasteiger partial charge in [0.25, 0.3) is 0 Å². The summed E-state index contributed by atoms with van der Waals surface area (Å²) < 4.78 is 5.74. The topological polar surface area (TPSA) is 59.2 Å². The molecule has 1 atom stereocenters. The zero-order valence-corrected chi connectivity index (χ0v) is 12.3. The quantitative estimate of drug-likeness (QED) is 0.622. The summed E-state index contributed by atoms with van der Waals surface area (Å²) in [7, 11) is 0. The van der Waals surface area contributed by atoms with Crippen molar-refractivity contribution >= 4 is 11.2 Å². The van der Waals surface area contributed by atoms with Gasteiger partial charge in [0.1, 0.15) is 6.10 Å². The molecule has 0 aliphatic carbocycles. The maximum atomic E-state index is 10.5. The van der Waals surface area contributed by atoms with E-state index in [9.17, 15) is 5.11 Å². The van der Waals surface area contributed by atoms with Crippen LogP contribution in [0, 0.1) is 0 Å². The first-order valence-electron chi connectivity index (χ1n) is 7.37. The Morgan fingerprint density at radius 3 is 2.22 bits per heavy atom. The number of oxazole rings is 1. The highest BCUT2D eigenvalue weighted by Gasteiger charge is 2.15. The number of fused-ring (bicyclic) bond motifs is 1. The highest BCUT2D eigenvalue weighted by Crippen LogP contribution is 2.26. The monoisotopic (exact) mass is 302 g/mol. The van der Waals surface area contributed by atoms with Crippen LogP contribution in [0.3, 0.4) is 0 Å². The predicted octanol–water partition coefficient (Wildman–Crippen LogP) is 3.97. The first-order chi connectivity index (χ1) is 11.3. The molecule has 112 valence electrons.